The van der Waals surface area contributed by atoms with E-state index in [1.165, 1.54) is 5.39 Å². The number of para-hydroxylation sites is 1. The number of furan rings is 1. The first kappa shape index (κ1) is 35.5. The van der Waals surface area contributed by atoms with Gasteiger partial charge >= 0.3 is 0 Å². The van der Waals surface area contributed by atoms with Crippen LogP contribution in [0.15, 0.2) is 223 Å². The van der Waals surface area contributed by atoms with E-state index >= 15 is 0 Å². The van der Waals surface area contributed by atoms with Gasteiger partial charge in [-0.2, -0.15) is 5.10 Å². The molecule has 5 nitrogen and oxygen atoms in total. The number of hydrogen-bond donors (Lipinski definition) is 0. The van der Waals surface area contributed by atoms with Crippen LogP contribution in [0, 0.1) is 0 Å². The molecule has 5 heteroatoms. The van der Waals surface area contributed by atoms with Crippen LogP contribution in [-0.2, 0) is 0 Å². The summed E-state index contributed by atoms with van der Waals surface area (Å²) in [6.45, 7) is 0. The van der Waals surface area contributed by atoms with E-state index in [0.29, 0.717) is 5.82 Å². The maximum absolute atomic E-state index is 6.25. The molecule has 0 radical (unpaired) electrons. The van der Waals surface area contributed by atoms with Crippen molar-refractivity contribution in [3.8, 4) is 78.7 Å². The van der Waals surface area contributed by atoms with E-state index in [-0.39, 0.29) is 0 Å². The molecule has 0 saturated heterocycles. The lowest BCUT2D eigenvalue weighted by Gasteiger charge is -2.11. The Labute approximate surface area is 357 Å². The third-order valence-electron chi connectivity index (χ3n) is 11.8. The molecular weight excluding hydrogens is 757 g/mol. The maximum atomic E-state index is 6.25. The third-order valence-corrected chi connectivity index (χ3v) is 11.8. The van der Waals surface area contributed by atoms with Crippen molar-refractivity contribution in [1.29, 1.82) is 0 Å². The average Bonchev–Trinajstić information content (AvgIpc) is 3.95. The molecule has 0 bridgehead atoms. The van der Waals surface area contributed by atoms with Crippen molar-refractivity contribution in [1.82, 2.24) is 19.6 Å². The molecule has 0 aliphatic heterocycles. The molecule has 0 aliphatic carbocycles. The molecular formula is C57H36N4O. The predicted octanol–water partition coefficient (Wildman–Crippen LogP) is 14.8. The average molecular weight is 793 g/mol. The first-order valence-electron chi connectivity index (χ1n) is 20.9. The fourth-order valence-electron chi connectivity index (χ4n) is 8.90. The lowest BCUT2D eigenvalue weighted by Crippen LogP contribution is -1.96. The van der Waals surface area contributed by atoms with Crippen molar-refractivity contribution in [3.63, 3.8) is 0 Å². The highest BCUT2D eigenvalue weighted by Gasteiger charge is 2.22. The number of hydrogen-bond acceptors (Lipinski definition) is 4. The normalized spacial score (nSPS) is 11.5. The van der Waals surface area contributed by atoms with Gasteiger partial charge in [0.05, 0.1) is 22.6 Å². The van der Waals surface area contributed by atoms with Gasteiger partial charge in [0.1, 0.15) is 16.9 Å². The number of fused-ring (bicyclic) bond motifs is 6. The summed E-state index contributed by atoms with van der Waals surface area (Å²) in [5.41, 5.74) is 16.0. The molecule has 4 heterocycles. The lowest BCUT2D eigenvalue weighted by atomic mass is 9.96. The lowest BCUT2D eigenvalue weighted by molar-refractivity contribution is 0.669. The zero-order valence-corrected chi connectivity index (χ0v) is 33.5. The van der Waals surface area contributed by atoms with Gasteiger partial charge in [0.15, 0.2) is 5.82 Å². The van der Waals surface area contributed by atoms with Gasteiger partial charge in [0.2, 0.25) is 0 Å². The molecule has 290 valence electrons. The second-order valence-corrected chi connectivity index (χ2v) is 15.6. The minimum absolute atomic E-state index is 0.669. The fraction of sp³-hybridized carbons (Fsp3) is 0. The fourth-order valence-corrected chi connectivity index (χ4v) is 8.90. The second-order valence-electron chi connectivity index (χ2n) is 15.6. The van der Waals surface area contributed by atoms with Gasteiger partial charge in [-0.1, -0.05) is 188 Å². The summed E-state index contributed by atoms with van der Waals surface area (Å²) in [6, 6.07) is 76.1. The predicted molar refractivity (Wildman–Crippen MR) is 254 cm³/mol. The minimum atomic E-state index is 0.669. The van der Waals surface area contributed by atoms with Crippen molar-refractivity contribution in [2.45, 2.75) is 0 Å². The summed E-state index contributed by atoms with van der Waals surface area (Å²) >= 11 is 0. The second kappa shape index (κ2) is 14.7. The standard InChI is InChI=1S/C57H36N4O/c1-4-16-38(17-5-1)50-35-43-22-10-11-25-46(43)56-53(39-18-6-2-7-19-39)55(60-61(50)56)40-32-30-37(31-33-40)48-36-49(59-57(58-48)41-20-8-3-9-21-41)44-24-14-23-42(34-44)45-27-15-29-52-54(45)47-26-12-13-28-51(47)62-52/h1-36H. The molecule has 0 spiro atoms. The van der Waals surface area contributed by atoms with Gasteiger partial charge in [0.25, 0.3) is 0 Å². The molecule has 0 fully saturated rings. The van der Waals surface area contributed by atoms with E-state index in [1.807, 2.05) is 36.4 Å². The molecule has 0 N–H and O–H groups in total. The van der Waals surface area contributed by atoms with Crippen LogP contribution >= 0.6 is 0 Å². The quantitative estimate of drug-likeness (QED) is 0.161. The number of nitrogens with zero attached hydrogens (tertiary/aromatic N) is 4. The van der Waals surface area contributed by atoms with Gasteiger partial charge in [-0.05, 0) is 52.4 Å². The molecule has 0 unspecified atom stereocenters. The number of benzene rings is 8. The van der Waals surface area contributed by atoms with Crippen molar-refractivity contribution in [2.24, 2.45) is 0 Å². The van der Waals surface area contributed by atoms with Gasteiger partial charge in [-0.25, -0.2) is 14.5 Å². The van der Waals surface area contributed by atoms with Gasteiger partial charge in [-0.15, -0.1) is 0 Å². The first-order valence-corrected chi connectivity index (χ1v) is 20.9. The Morgan fingerprint density at radius 2 is 0.968 bits per heavy atom. The summed E-state index contributed by atoms with van der Waals surface area (Å²) in [6.07, 6.45) is 0. The van der Waals surface area contributed by atoms with E-state index in [0.717, 1.165) is 106 Å². The highest BCUT2D eigenvalue weighted by Crippen LogP contribution is 2.42. The molecule has 62 heavy (non-hydrogen) atoms. The largest absolute Gasteiger partial charge is 0.456 e. The third kappa shape index (κ3) is 6.06. The summed E-state index contributed by atoms with van der Waals surface area (Å²) in [7, 11) is 0. The molecule has 12 aromatic rings. The van der Waals surface area contributed by atoms with Crippen LogP contribution in [0.25, 0.3) is 117 Å². The number of pyridine rings is 1. The van der Waals surface area contributed by atoms with Crippen molar-refractivity contribution in [2.75, 3.05) is 0 Å². The Balaban J connectivity index is 1.00. The molecule has 0 saturated carbocycles. The summed E-state index contributed by atoms with van der Waals surface area (Å²) < 4.78 is 8.39. The molecule has 12 rings (SSSR count). The van der Waals surface area contributed by atoms with Crippen LogP contribution in [0.4, 0.5) is 0 Å². The highest BCUT2D eigenvalue weighted by atomic mass is 16.3. The van der Waals surface area contributed by atoms with Crippen LogP contribution in [0.3, 0.4) is 0 Å². The smallest absolute Gasteiger partial charge is 0.160 e. The van der Waals surface area contributed by atoms with Crippen LogP contribution in [0.5, 0.6) is 0 Å². The van der Waals surface area contributed by atoms with Crippen LogP contribution in [0.2, 0.25) is 0 Å². The van der Waals surface area contributed by atoms with E-state index < -0.39 is 0 Å². The first-order chi connectivity index (χ1) is 30.7. The topological polar surface area (TPSA) is 56.2 Å². The summed E-state index contributed by atoms with van der Waals surface area (Å²) in [5, 5.41) is 9.99. The van der Waals surface area contributed by atoms with Crippen molar-refractivity contribution < 1.29 is 4.42 Å². The monoisotopic (exact) mass is 792 g/mol. The summed E-state index contributed by atoms with van der Waals surface area (Å²) in [5.74, 6) is 0.669. The Morgan fingerprint density at radius 1 is 0.387 bits per heavy atom. The Bertz CT molecular complexity index is 3610. The van der Waals surface area contributed by atoms with Gasteiger partial charge in [-0.3, -0.25) is 0 Å². The molecule has 8 aromatic carbocycles. The Kier molecular flexibility index (Phi) is 8.42. The highest BCUT2D eigenvalue weighted by molar-refractivity contribution is 6.12. The van der Waals surface area contributed by atoms with E-state index in [9.17, 15) is 0 Å². The van der Waals surface area contributed by atoms with E-state index in [2.05, 4.69) is 187 Å². The zero-order chi connectivity index (χ0) is 41.0. The van der Waals surface area contributed by atoms with Gasteiger partial charge < -0.3 is 4.42 Å². The molecule has 4 aromatic heterocycles. The minimum Gasteiger partial charge on any atom is -0.456 e. The maximum Gasteiger partial charge on any atom is 0.160 e. The Hall–Kier alpha value is -8.41. The number of rotatable bonds is 7. The van der Waals surface area contributed by atoms with E-state index in [1.54, 1.807) is 0 Å². The number of aromatic nitrogens is 4. The molecule has 0 amide bonds. The Morgan fingerprint density at radius 3 is 1.74 bits per heavy atom. The molecule has 0 aliphatic rings. The zero-order valence-electron chi connectivity index (χ0n) is 33.5. The van der Waals surface area contributed by atoms with Gasteiger partial charge in [0, 0.05) is 49.5 Å². The SMILES string of the molecule is c1ccc(-c2nc(-c3ccc(-c4nn5c(-c6ccccc6)cc6ccccc6c5c4-c4ccccc4)cc3)cc(-c3cccc(-c4cccc5oc6ccccc6c45)c3)n2)cc1. The van der Waals surface area contributed by atoms with E-state index in [4.69, 9.17) is 19.5 Å². The van der Waals surface area contributed by atoms with Crippen LogP contribution in [-0.4, -0.2) is 19.6 Å². The summed E-state index contributed by atoms with van der Waals surface area (Å²) in [4.78, 5) is 10.4. The van der Waals surface area contributed by atoms with Crippen LogP contribution in [0.1, 0.15) is 0 Å². The molecule has 0 atom stereocenters. The van der Waals surface area contributed by atoms with Crippen molar-refractivity contribution in [3.05, 3.63) is 218 Å². The van der Waals surface area contributed by atoms with Crippen LogP contribution < -0.4 is 0 Å². The van der Waals surface area contributed by atoms with Crippen molar-refractivity contribution >= 4 is 38.2 Å².